The molecule has 25 heavy (non-hydrogen) atoms. The summed E-state index contributed by atoms with van der Waals surface area (Å²) in [5.74, 6) is 0.749. The zero-order valence-corrected chi connectivity index (χ0v) is 15.4. The number of benzene rings is 1. The van der Waals surface area contributed by atoms with Gasteiger partial charge in [0.1, 0.15) is 5.75 Å². The van der Waals surface area contributed by atoms with Crippen molar-refractivity contribution in [2.24, 2.45) is 0 Å². The molecule has 1 N–H and O–H groups in total. The van der Waals surface area contributed by atoms with Gasteiger partial charge in [0.15, 0.2) is 0 Å². The van der Waals surface area contributed by atoms with Gasteiger partial charge in [0.05, 0.1) is 7.11 Å². The third-order valence-electron chi connectivity index (χ3n) is 5.37. The monoisotopic (exact) mass is 346 g/mol. The summed E-state index contributed by atoms with van der Waals surface area (Å²) >= 11 is 0. The Morgan fingerprint density at radius 3 is 2.72 bits per heavy atom. The number of amides is 2. The summed E-state index contributed by atoms with van der Waals surface area (Å²) in [5.41, 5.74) is 0.774. The number of ether oxygens (including phenoxy) is 1. The lowest BCUT2D eigenvalue weighted by atomic mass is 10.0. The van der Waals surface area contributed by atoms with E-state index >= 15 is 0 Å². The number of hydrogen-bond acceptors (Lipinski definition) is 4. The first kappa shape index (κ1) is 18.0. The van der Waals surface area contributed by atoms with E-state index in [9.17, 15) is 4.79 Å². The largest absolute Gasteiger partial charge is 0.497 e. The number of likely N-dealkylation sites (N-methyl/N-ethyl adjacent to an activating group) is 1. The van der Waals surface area contributed by atoms with E-state index in [2.05, 4.69) is 22.2 Å². The molecule has 0 bridgehead atoms. The molecule has 0 unspecified atom stereocenters. The highest BCUT2D eigenvalue weighted by Gasteiger charge is 2.25. The molecule has 6 heteroatoms. The number of nitrogens with one attached hydrogen (secondary N) is 1. The summed E-state index contributed by atoms with van der Waals surface area (Å²) in [5, 5.41) is 2.97. The third-order valence-corrected chi connectivity index (χ3v) is 5.37. The molecule has 3 rings (SSSR count). The van der Waals surface area contributed by atoms with Crippen molar-refractivity contribution in [3.63, 3.8) is 0 Å². The van der Waals surface area contributed by atoms with E-state index in [1.807, 2.05) is 29.2 Å². The van der Waals surface area contributed by atoms with Gasteiger partial charge in [-0.3, -0.25) is 4.90 Å². The summed E-state index contributed by atoms with van der Waals surface area (Å²) < 4.78 is 5.20. The Kier molecular flexibility index (Phi) is 6.15. The topological polar surface area (TPSA) is 48.1 Å². The van der Waals surface area contributed by atoms with Crippen molar-refractivity contribution >= 4 is 11.7 Å². The fraction of sp³-hybridized carbons (Fsp3) is 0.632. The number of hydrogen-bond donors (Lipinski definition) is 1. The quantitative estimate of drug-likeness (QED) is 0.909. The molecule has 0 radical (unpaired) electrons. The van der Waals surface area contributed by atoms with Crippen LogP contribution in [-0.2, 0) is 0 Å². The summed E-state index contributed by atoms with van der Waals surface area (Å²) in [6.45, 7) is 5.82. The van der Waals surface area contributed by atoms with Gasteiger partial charge < -0.3 is 19.9 Å². The molecule has 0 aliphatic carbocycles. The van der Waals surface area contributed by atoms with E-state index in [4.69, 9.17) is 4.74 Å². The van der Waals surface area contributed by atoms with Crippen LogP contribution in [0.2, 0.25) is 0 Å². The molecule has 2 saturated heterocycles. The minimum Gasteiger partial charge on any atom is -0.497 e. The van der Waals surface area contributed by atoms with Crippen molar-refractivity contribution in [1.82, 2.24) is 14.7 Å². The summed E-state index contributed by atoms with van der Waals surface area (Å²) in [6.07, 6.45) is 3.97. The molecule has 0 aromatic heterocycles. The predicted octanol–water partition coefficient (Wildman–Crippen LogP) is 2.33. The fourth-order valence-electron chi connectivity index (χ4n) is 3.71. The van der Waals surface area contributed by atoms with Crippen LogP contribution < -0.4 is 10.1 Å². The maximum Gasteiger partial charge on any atom is 0.321 e. The summed E-state index contributed by atoms with van der Waals surface area (Å²) in [6, 6.07) is 8.13. The van der Waals surface area contributed by atoms with Crippen LogP contribution in [0.25, 0.3) is 0 Å². The fourth-order valence-corrected chi connectivity index (χ4v) is 3.71. The van der Waals surface area contributed by atoms with Crippen molar-refractivity contribution in [3.05, 3.63) is 24.3 Å². The molecule has 0 saturated carbocycles. The lowest BCUT2D eigenvalue weighted by molar-refractivity contribution is 0.0956. The van der Waals surface area contributed by atoms with Gasteiger partial charge >= 0.3 is 6.03 Å². The van der Waals surface area contributed by atoms with E-state index < -0.39 is 0 Å². The molecule has 1 atom stereocenters. The number of nitrogens with zero attached hydrogens (tertiary/aromatic N) is 3. The molecule has 1 aromatic carbocycles. The molecule has 1 aromatic rings. The van der Waals surface area contributed by atoms with Crippen molar-refractivity contribution in [2.75, 3.05) is 58.7 Å². The lowest BCUT2D eigenvalue weighted by Crippen LogP contribution is -2.53. The maximum absolute atomic E-state index is 12.5. The molecule has 2 amide bonds. The normalized spacial score (nSPS) is 22.6. The van der Waals surface area contributed by atoms with Crippen molar-refractivity contribution in [2.45, 2.75) is 25.3 Å². The van der Waals surface area contributed by atoms with Crippen LogP contribution in [0.15, 0.2) is 24.3 Å². The minimum atomic E-state index is -0.0253. The van der Waals surface area contributed by atoms with Crippen molar-refractivity contribution in [1.29, 1.82) is 0 Å². The zero-order valence-electron chi connectivity index (χ0n) is 15.4. The van der Waals surface area contributed by atoms with Crippen molar-refractivity contribution < 1.29 is 9.53 Å². The molecular weight excluding hydrogens is 316 g/mol. The molecular formula is C19H30N4O2. The summed E-state index contributed by atoms with van der Waals surface area (Å²) in [4.78, 5) is 19.4. The Bertz CT molecular complexity index is 572. The van der Waals surface area contributed by atoms with Gasteiger partial charge in [0.25, 0.3) is 0 Å². The van der Waals surface area contributed by atoms with Crippen LogP contribution in [-0.4, -0.2) is 80.2 Å². The molecule has 2 heterocycles. The highest BCUT2D eigenvalue weighted by atomic mass is 16.5. The van der Waals surface area contributed by atoms with E-state index in [-0.39, 0.29) is 6.03 Å². The smallest absolute Gasteiger partial charge is 0.321 e. The van der Waals surface area contributed by atoms with Gasteiger partial charge in [-0.15, -0.1) is 0 Å². The Morgan fingerprint density at radius 1 is 1.20 bits per heavy atom. The van der Waals surface area contributed by atoms with Gasteiger partial charge in [-0.2, -0.15) is 0 Å². The standard InChI is InChI=1S/C19H30N4O2/c1-21-9-4-3-7-17(21)15-22-10-12-23(13-11-22)19(24)20-16-6-5-8-18(14-16)25-2/h5-6,8,14,17H,3-4,7,9-13,15H2,1-2H3,(H,20,24)/t17-/m0/s1. The van der Waals surface area contributed by atoms with E-state index in [1.54, 1.807) is 7.11 Å². The molecule has 138 valence electrons. The number of methoxy groups -OCH3 is 1. The Hall–Kier alpha value is -1.79. The number of carbonyl (C=O) groups excluding carboxylic acids is 1. The molecule has 2 aliphatic heterocycles. The number of urea groups is 1. The van der Waals surface area contributed by atoms with Crippen LogP contribution in [0.3, 0.4) is 0 Å². The summed E-state index contributed by atoms with van der Waals surface area (Å²) in [7, 11) is 3.87. The van der Waals surface area contributed by atoms with E-state index in [0.29, 0.717) is 6.04 Å². The number of piperidine rings is 1. The maximum atomic E-state index is 12.5. The average molecular weight is 346 g/mol. The third kappa shape index (κ3) is 4.86. The van der Waals surface area contributed by atoms with Crippen molar-refractivity contribution in [3.8, 4) is 5.75 Å². The second kappa shape index (κ2) is 8.54. The predicted molar refractivity (Wildman–Crippen MR) is 100 cm³/mol. The van der Waals surface area contributed by atoms with Gasteiger partial charge in [-0.25, -0.2) is 4.79 Å². The van der Waals surface area contributed by atoms with Crippen LogP contribution in [0, 0.1) is 0 Å². The molecule has 6 nitrogen and oxygen atoms in total. The van der Waals surface area contributed by atoms with Crippen LogP contribution in [0.4, 0.5) is 10.5 Å². The molecule has 2 aliphatic rings. The zero-order chi connectivity index (χ0) is 17.6. The first-order chi connectivity index (χ1) is 12.2. The number of rotatable bonds is 4. The Morgan fingerprint density at radius 2 is 2.00 bits per heavy atom. The van der Waals surface area contributed by atoms with Crippen LogP contribution >= 0.6 is 0 Å². The Balaban J connectivity index is 1.45. The van der Waals surface area contributed by atoms with Gasteiger partial charge in [-0.1, -0.05) is 12.5 Å². The first-order valence-corrected chi connectivity index (χ1v) is 9.28. The van der Waals surface area contributed by atoms with Crippen LogP contribution in [0.5, 0.6) is 5.75 Å². The van der Waals surface area contributed by atoms with Gasteiger partial charge in [-0.05, 0) is 38.6 Å². The Labute approximate surface area is 150 Å². The number of piperazine rings is 1. The van der Waals surface area contributed by atoms with E-state index in [1.165, 1.54) is 25.8 Å². The lowest BCUT2D eigenvalue weighted by Gasteiger charge is -2.40. The number of likely N-dealkylation sites (tertiary alicyclic amines) is 1. The second-order valence-corrected chi connectivity index (χ2v) is 7.08. The molecule has 0 spiro atoms. The highest BCUT2D eigenvalue weighted by Crippen LogP contribution is 2.19. The van der Waals surface area contributed by atoms with Crippen LogP contribution in [0.1, 0.15) is 19.3 Å². The SMILES string of the molecule is COc1cccc(NC(=O)N2CCN(C[C@@H]3CCCCN3C)CC2)c1. The van der Waals surface area contributed by atoms with E-state index in [0.717, 1.165) is 44.2 Å². The minimum absolute atomic E-state index is 0.0253. The molecule has 2 fully saturated rings. The van der Waals surface area contributed by atoms with Gasteiger partial charge in [0, 0.05) is 50.5 Å². The number of carbonyl (C=O) groups is 1. The first-order valence-electron chi connectivity index (χ1n) is 9.28. The second-order valence-electron chi connectivity index (χ2n) is 7.08. The van der Waals surface area contributed by atoms with Gasteiger partial charge in [0.2, 0.25) is 0 Å². The highest BCUT2D eigenvalue weighted by molar-refractivity contribution is 5.89. The average Bonchev–Trinajstić information content (AvgIpc) is 2.64. The number of anilines is 1.